The molecular formula is C15H21NO4. The van der Waals surface area contributed by atoms with E-state index in [0.29, 0.717) is 13.0 Å². The van der Waals surface area contributed by atoms with Gasteiger partial charge in [-0.2, -0.15) is 0 Å². The minimum atomic E-state index is -0.764. The number of para-hydroxylation sites is 1. The zero-order chi connectivity index (χ0) is 15.0. The lowest BCUT2D eigenvalue weighted by atomic mass is 10.1. The molecule has 1 amide bonds. The molecule has 1 aromatic carbocycles. The Hall–Kier alpha value is -2.04. The van der Waals surface area contributed by atoms with E-state index < -0.39 is 12.1 Å². The second kappa shape index (κ2) is 8.19. The number of ether oxygens (including phenoxy) is 2. The topological polar surface area (TPSA) is 64.6 Å². The van der Waals surface area contributed by atoms with E-state index in [1.54, 1.807) is 14.0 Å². The van der Waals surface area contributed by atoms with Crippen molar-refractivity contribution in [2.24, 2.45) is 0 Å². The number of methoxy groups -OCH3 is 1. The van der Waals surface area contributed by atoms with Crippen LogP contribution in [-0.2, 0) is 20.7 Å². The molecule has 20 heavy (non-hydrogen) atoms. The summed E-state index contributed by atoms with van der Waals surface area (Å²) in [6.45, 7) is 3.89. The summed E-state index contributed by atoms with van der Waals surface area (Å²) >= 11 is 0. The van der Waals surface area contributed by atoms with Gasteiger partial charge in [-0.15, -0.1) is 0 Å². The van der Waals surface area contributed by atoms with Crippen LogP contribution >= 0.6 is 0 Å². The fourth-order valence-corrected chi connectivity index (χ4v) is 1.77. The van der Waals surface area contributed by atoms with Gasteiger partial charge in [-0.25, -0.2) is 0 Å². The summed E-state index contributed by atoms with van der Waals surface area (Å²) in [6.07, 6.45) is -0.0325. The summed E-state index contributed by atoms with van der Waals surface area (Å²) in [5, 5.41) is 2.61. The maximum Gasteiger partial charge on any atom is 0.306 e. The van der Waals surface area contributed by atoms with Crippen LogP contribution in [0.4, 0.5) is 0 Å². The Morgan fingerprint density at radius 2 is 2.00 bits per heavy atom. The van der Waals surface area contributed by atoms with E-state index >= 15 is 0 Å². The van der Waals surface area contributed by atoms with Crippen molar-refractivity contribution >= 4 is 11.9 Å². The third-order valence-electron chi connectivity index (χ3n) is 2.82. The SMILES string of the molecule is CCNC(=O)[C@H](C)OC(=O)CCc1ccccc1OC. The highest BCUT2D eigenvalue weighted by atomic mass is 16.5. The van der Waals surface area contributed by atoms with Crippen LogP contribution in [0, 0.1) is 0 Å². The third-order valence-corrected chi connectivity index (χ3v) is 2.82. The second-order valence-corrected chi connectivity index (χ2v) is 4.34. The molecule has 0 spiro atoms. The first kappa shape index (κ1) is 16.0. The van der Waals surface area contributed by atoms with E-state index in [1.807, 2.05) is 31.2 Å². The summed E-state index contributed by atoms with van der Waals surface area (Å²) in [5.41, 5.74) is 0.942. The largest absolute Gasteiger partial charge is 0.496 e. The number of benzene rings is 1. The third kappa shape index (κ3) is 4.91. The molecule has 0 saturated carbocycles. The number of likely N-dealkylation sites (N-methyl/N-ethyl adjacent to an activating group) is 1. The number of hydrogen-bond donors (Lipinski definition) is 1. The van der Waals surface area contributed by atoms with Crippen molar-refractivity contribution < 1.29 is 19.1 Å². The highest BCUT2D eigenvalue weighted by Gasteiger charge is 2.17. The lowest BCUT2D eigenvalue weighted by Gasteiger charge is -2.13. The van der Waals surface area contributed by atoms with E-state index in [2.05, 4.69) is 5.32 Å². The van der Waals surface area contributed by atoms with Gasteiger partial charge in [0, 0.05) is 13.0 Å². The first-order valence-electron chi connectivity index (χ1n) is 6.67. The zero-order valence-electron chi connectivity index (χ0n) is 12.1. The monoisotopic (exact) mass is 279 g/mol. The Kier molecular flexibility index (Phi) is 6.56. The number of hydrogen-bond acceptors (Lipinski definition) is 4. The maximum absolute atomic E-state index is 11.7. The summed E-state index contributed by atoms with van der Waals surface area (Å²) in [5.74, 6) is 0.0740. The van der Waals surface area contributed by atoms with Crippen LogP contribution < -0.4 is 10.1 Å². The molecule has 1 N–H and O–H groups in total. The average molecular weight is 279 g/mol. The van der Waals surface area contributed by atoms with Gasteiger partial charge < -0.3 is 14.8 Å². The molecule has 1 atom stereocenters. The fourth-order valence-electron chi connectivity index (χ4n) is 1.77. The summed E-state index contributed by atoms with van der Waals surface area (Å²) in [4.78, 5) is 23.1. The van der Waals surface area contributed by atoms with Crippen molar-refractivity contribution in [3.05, 3.63) is 29.8 Å². The van der Waals surface area contributed by atoms with Crippen LogP contribution in [0.2, 0.25) is 0 Å². The van der Waals surface area contributed by atoms with Gasteiger partial charge in [0.15, 0.2) is 6.10 Å². The smallest absolute Gasteiger partial charge is 0.306 e. The van der Waals surface area contributed by atoms with Crippen molar-refractivity contribution in [1.82, 2.24) is 5.32 Å². The number of carbonyl (C=O) groups is 2. The standard InChI is InChI=1S/C15H21NO4/c1-4-16-15(18)11(2)20-14(17)10-9-12-7-5-6-8-13(12)19-3/h5-8,11H,4,9-10H2,1-3H3,(H,16,18)/t11-/m0/s1. The first-order chi connectivity index (χ1) is 9.58. The van der Waals surface area contributed by atoms with Crippen LogP contribution in [0.15, 0.2) is 24.3 Å². The fraction of sp³-hybridized carbons (Fsp3) is 0.467. The summed E-state index contributed by atoms with van der Waals surface area (Å²) in [6, 6.07) is 7.51. The van der Waals surface area contributed by atoms with E-state index in [0.717, 1.165) is 11.3 Å². The Bertz CT molecular complexity index is 459. The highest BCUT2D eigenvalue weighted by molar-refractivity contribution is 5.83. The Morgan fingerprint density at radius 1 is 1.30 bits per heavy atom. The average Bonchev–Trinajstić information content (AvgIpc) is 2.45. The number of aryl methyl sites for hydroxylation is 1. The van der Waals surface area contributed by atoms with Gasteiger partial charge in [-0.1, -0.05) is 18.2 Å². The molecule has 1 aromatic rings. The number of esters is 1. The molecule has 0 aromatic heterocycles. The number of rotatable bonds is 7. The number of carbonyl (C=O) groups excluding carboxylic acids is 2. The predicted octanol–water partition coefficient (Wildman–Crippen LogP) is 1.70. The van der Waals surface area contributed by atoms with E-state index in [9.17, 15) is 9.59 Å². The molecule has 0 radical (unpaired) electrons. The van der Waals surface area contributed by atoms with Gasteiger partial charge in [-0.3, -0.25) is 9.59 Å². The molecule has 0 saturated heterocycles. The Balaban J connectivity index is 2.45. The van der Waals surface area contributed by atoms with E-state index in [-0.39, 0.29) is 12.3 Å². The van der Waals surface area contributed by atoms with Crippen molar-refractivity contribution in [3.63, 3.8) is 0 Å². The predicted molar refractivity (Wildman–Crippen MR) is 75.6 cm³/mol. The molecule has 0 aliphatic rings. The minimum absolute atomic E-state index is 0.212. The van der Waals surface area contributed by atoms with Gasteiger partial charge in [-0.05, 0) is 31.9 Å². The van der Waals surface area contributed by atoms with Crippen LogP contribution in [0.1, 0.15) is 25.8 Å². The number of amides is 1. The van der Waals surface area contributed by atoms with E-state index in [1.165, 1.54) is 0 Å². The van der Waals surface area contributed by atoms with Gasteiger partial charge in [0.1, 0.15) is 5.75 Å². The van der Waals surface area contributed by atoms with Crippen molar-refractivity contribution in [2.45, 2.75) is 32.8 Å². The summed E-state index contributed by atoms with van der Waals surface area (Å²) in [7, 11) is 1.59. The molecule has 5 nitrogen and oxygen atoms in total. The van der Waals surface area contributed by atoms with Crippen LogP contribution in [0.25, 0.3) is 0 Å². The molecule has 0 heterocycles. The normalized spacial score (nSPS) is 11.6. The molecule has 0 fully saturated rings. The second-order valence-electron chi connectivity index (χ2n) is 4.34. The molecule has 5 heteroatoms. The Labute approximate surface area is 119 Å². The van der Waals surface area contributed by atoms with E-state index in [4.69, 9.17) is 9.47 Å². The molecule has 0 bridgehead atoms. The van der Waals surface area contributed by atoms with Crippen molar-refractivity contribution in [3.8, 4) is 5.75 Å². The summed E-state index contributed by atoms with van der Waals surface area (Å²) < 4.78 is 10.3. The van der Waals surface area contributed by atoms with Gasteiger partial charge >= 0.3 is 5.97 Å². The minimum Gasteiger partial charge on any atom is -0.496 e. The van der Waals surface area contributed by atoms with Gasteiger partial charge in [0.2, 0.25) is 0 Å². The number of nitrogens with one attached hydrogen (secondary N) is 1. The molecule has 110 valence electrons. The lowest BCUT2D eigenvalue weighted by Crippen LogP contribution is -2.35. The van der Waals surface area contributed by atoms with Gasteiger partial charge in [0.25, 0.3) is 5.91 Å². The molecule has 0 aliphatic carbocycles. The maximum atomic E-state index is 11.7. The molecule has 1 rings (SSSR count). The first-order valence-corrected chi connectivity index (χ1v) is 6.67. The molecule has 0 unspecified atom stereocenters. The van der Waals surface area contributed by atoms with Crippen LogP contribution in [0.5, 0.6) is 5.75 Å². The van der Waals surface area contributed by atoms with Crippen LogP contribution in [0.3, 0.4) is 0 Å². The Morgan fingerprint density at radius 3 is 2.65 bits per heavy atom. The van der Waals surface area contributed by atoms with Gasteiger partial charge in [0.05, 0.1) is 7.11 Å². The van der Waals surface area contributed by atoms with Crippen LogP contribution in [-0.4, -0.2) is 31.6 Å². The lowest BCUT2D eigenvalue weighted by molar-refractivity contribution is -0.154. The quantitative estimate of drug-likeness (QED) is 0.771. The highest BCUT2D eigenvalue weighted by Crippen LogP contribution is 2.19. The molecular weight excluding hydrogens is 258 g/mol. The van der Waals surface area contributed by atoms with Crippen molar-refractivity contribution in [2.75, 3.05) is 13.7 Å². The molecule has 0 aliphatic heterocycles. The van der Waals surface area contributed by atoms with Crippen molar-refractivity contribution in [1.29, 1.82) is 0 Å². The zero-order valence-corrected chi connectivity index (χ0v) is 12.1.